The van der Waals surface area contributed by atoms with Crippen LogP contribution in [0.3, 0.4) is 0 Å². The lowest BCUT2D eigenvalue weighted by Crippen LogP contribution is -2.46. The van der Waals surface area contributed by atoms with Crippen LogP contribution in [0.4, 0.5) is 4.39 Å². The largest absolute Gasteiger partial charge is 0.480 e. The second-order valence-corrected chi connectivity index (χ2v) is 5.86. The molecule has 134 valence electrons. The predicted molar refractivity (Wildman–Crippen MR) is 89.8 cm³/mol. The van der Waals surface area contributed by atoms with Crippen LogP contribution in [0, 0.1) is 12.7 Å². The van der Waals surface area contributed by atoms with Crippen molar-refractivity contribution in [3.05, 3.63) is 35.3 Å². The van der Waals surface area contributed by atoms with Gasteiger partial charge in [0, 0.05) is 30.9 Å². The van der Waals surface area contributed by atoms with Gasteiger partial charge in [-0.15, -0.1) is 0 Å². The molecular formula is C17H20FN3O4. The predicted octanol–water partition coefficient (Wildman–Crippen LogP) is 1.67. The van der Waals surface area contributed by atoms with E-state index in [1.54, 1.807) is 13.0 Å². The molecule has 1 atom stereocenters. The number of aryl methyl sites for hydroxylation is 1. The van der Waals surface area contributed by atoms with Gasteiger partial charge < -0.3 is 20.3 Å². The van der Waals surface area contributed by atoms with Gasteiger partial charge in [0.2, 0.25) is 5.91 Å². The van der Waals surface area contributed by atoms with E-state index >= 15 is 0 Å². The van der Waals surface area contributed by atoms with Crippen LogP contribution in [-0.4, -0.2) is 51.9 Å². The Morgan fingerprint density at radius 3 is 2.60 bits per heavy atom. The Labute approximate surface area is 143 Å². The summed E-state index contributed by atoms with van der Waals surface area (Å²) in [6.07, 6.45) is 0. The van der Waals surface area contributed by atoms with Crippen LogP contribution in [0.25, 0.3) is 10.9 Å². The number of hydrogen-bond acceptors (Lipinski definition) is 3. The van der Waals surface area contributed by atoms with Gasteiger partial charge >= 0.3 is 5.97 Å². The van der Waals surface area contributed by atoms with Crippen molar-refractivity contribution in [2.45, 2.75) is 26.8 Å². The standard InChI is InChI=1S/C17H20FN3O4/c1-9-6-12(18)7-14-13(9)8-15(20-14)16(23)21(10(2)17(24)25)5-4-19-11(3)22/h6-8,10,20H,4-5H2,1-3H3,(H,19,22)(H,24,25). The van der Waals surface area contributed by atoms with E-state index in [2.05, 4.69) is 10.3 Å². The van der Waals surface area contributed by atoms with E-state index in [4.69, 9.17) is 0 Å². The molecule has 7 nitrogen and oxygen atoms in total. The molecule has 1 aromatic heterocycles. The lowest BCUT2D eigenvalue weighted by Gasteiger charge is -2.26. The van der Waals surface area contributed by atoms with Crippen LogP contribution >= 0.6 is 0 Å². The number of halogens is 1. The minimum Gasteiger partial charge on any atom is -0.480 e. The summed E-state index contributed by atoms with van der Waals surface area (Å²) in [7, 11) is 0. The van der Waals surface area contributed by atoms with Crippen molar-refractivity contribution in [3.63, 3.8) is 0 Å². The highest BCUT2D eigenvalue weighted by Crippen LogP contribution is 2.22. The van der Waals surface area contributed by atoms with Crippen molar-refractivity contribution in [1.29, 1.82) is 0 Å². The van der Waals surface area contributed by atoms with Gasteiger partial charge in [0.05, 0.1) is 0 Å². The highest BCUT2D eigenvalue weighted by molar-refractivity contribution is 6.00. The van der Waals surface area contributed by atoms with Crippen LogP contribution in [0.1, 0.15) is 29.9 Å². The first kappa shape index (κ1) is 18.4. The summed E-state index contributed by atoms with van der Waals surface area (Å²) in [4.78, 5) is 39.0. The molecule has 2 rings (SSSR count). The van der Waals surface area contributed by atoms with Gasteiger partial charge in [-0.25, -0.2) is 9.18 Å². The Morgan fingerprint density at radius 2 is 2.00 bits per heavy atom. The Balaban J connectivity index is 2.33. The molecule has 0 saturated carbocycles. The minimum atomic E-state index is -1.16. The van der Waals surface area contributed by atoms with Crippen molar-refractivity contribution in [2.24, 2.45) is 0 Å². The lowest BCUT2D eigenvalue weighted by atomic mass is 10.1. The molecular weight excluding hydrogens is 329 g/mol. The third-order valence-corrected chi connectivity index (χ3v) is 3.95. The zero-order valence-electron chi connectivity index (χ0n) is 14.2. The van der Waals surface area contributed by atoms with Gasteiger partial charge in [-0.3, -0.25) is 9.59 Å². The van der Waals surface area contributed by atoms with Gasteiger partial charge in [0.25, 0.3) is 5.91 Å². The number of carbonyl (C=O) groups is 3. The molecule has 0 aliphatic rings. The highest BCUT2D eigenvalue weighted by atomic mass is 19.1. The quantitative estimate of drug-likeness (QED) is 0.738. The molecule has 1 aromatic carbocycles. The molecule has 0 bridgehead atoms. The number of carboxylic acids is 1. The molecule has 0 fully saturated rings. The molecule has 1 unspecified atom stereocenters. The molecule has 0 aliphatic carbocycles. The minimum absolute atomic E-state index is 0.0363. The lowest BCUT2D eigenvalue weighted by molar-refractivity contribution is -0.141. The Morgan fingerprint density at radius 1 is 1.32 bits per heavy atom. The Hall–Kier alpha value is -2.90. The topological polar surface area (TPSA) is 103 Å². The second-order valence-electron chi connectivity index (χ2n) is 5.86. The SMILES string of the molecule is CC(=O)NCCN(C(=O)c1cc2c(C)cc(F)cc2[nH]1)C(C)C(=O)O. The maximum atomic E-state index is 13.5. The van der Waals surface area contributed by atoms with Gasteiger partial charge in [-0.05, 0) is 37.6 Å². The van der Waals surface area contributed by atoms with Crippen molar-refractivity contribution in [2.75, 3.05) is 13.1 Å². The summed E-state index contributed by atoms with van der Waals surface area (Å²) in [5, 5.41) is 12.5. The van der Waals surface area contributed by atoms with Crippen LogP contribution in [0.15, 0.2) is 18.2 Å². The number of nitrogens with zero attached hydrogens (tertiary/aromatic N) is 1. The fraction of sp³-hybridized carbons (Fsp3) is 0.353. The first-order valence-electron chi connectivity index (χ1n) is 7.77. The number of aliphatic carboxylic acids is 1. The van der Waals surface area contributed by atoms with E-state index in [1.165, 1.54) is 26.0 Å². The third kappa shape index (κ3) is 4.14. The normalized spacial score (nSPS) is 12.0. The van der Waals surface area contributed by atoms with Gasteiger partial charge in [-0.1, -0.05) is 0 Å². The van der Waals surface area contributed by atoms with Crippen molar-refractivity contribution in [3.8, 4) is 0 Å². The fourth-order valence-electron chi connectivity index (χ4n) is 2.60. The number of aromatic amines is 1. The van der Waals surface area contributed by atoms with E-state index in [0.29, 0.717) is 16.5 Å². The summed E-state index contributed by atoms with van der Waals surface area (Å²) in [5.74, 6) is -2.38. The van der Waals surface area contributed by atoms with Crippen molar-refractivity contribution >= 4 is 28.7 Å². The van der Waals surface area contributed by atoms with E-state index in [1.807, 2.05) is 0 Å². The number of carbonyl (C=O) groups excluding carboxylic acids is 2. The molecule has 2 aromatic rings. The average molecular weight is 349 g/mol. The van der Waals surface area contributed by atoms with E-state index in [9.17, 15) is 23.9 Å². The fourth-order valence-corrected chi connectivity index (χ4v) is 2.60. The number of nitrogens with one attached hydrogen (secondary N) is 2. The summed E-state index contributed by atoms with van der Waals surface area (Å²) >= 11 is 0. The summed E-state index contributed by atoms with van der Waals surface area (Å²) in [5.41, 5.74) is 1.30. The second kappa shape index (κ2) is 7.33. The molecule has 25 heavy (non-hydrogen) atoms. The smallest absolute Gasteiger partial charge is 0.326 e. The van der Waals surface area contributed by atoms with Gasteiger partial charge in [0.1, 0.15) is 17.6 Å². The Kier molecular flexibility index (Phi) is 5.41. The number of fused-ring (bicyclic) bond motifs is 1. The molecule has 0 radical (unpaired) electrons. The van der Waals surface area contributed by atoms with E-state index < -0.39 is 23.7 Å². The first-order chi connectivity index (χ1) is 11.7. The third-order valence-electron chi connectivity index (χ3n) is 3.95. The molecule has 2 amide bonds. The molecule has 0 aliphatic heterocycles. The number of benzene rings is 1. The van der Waals surface area contributed by atoms with Crippen LogP contribution in [0.5, 0.6) is 0 Å². The number of hydrogen-bond donors (Lipinski definition) is 3. The number of H-pyrrole nitrogens is 1. The van der Waals surface area contributed by atoms with Crippen molar-refractivity contribution < 1.29 is 23.9 Å². The summed E-state index contributed by atoms with van der Waals surface area (Å²) in [6, 6.07) is 3.14. The molecule has 1 heterocycles. The van der Waals surface area contributed by atoms with Gasteiger partial charge in [0.15, 0.2) is 0 Å². The number of carboxylic acid groups (broad SMARTS) is 1. The number of rotatable bonds is 6. The summed E-state index contributed by atoms with van der Waals surface area (Å²) in [6.45, 7) is 4.62. The molecule has 0 spiro atoms. The zero-order chi connectivity index (χ0) is 18.7. The number of aromatic nitrogens is 1. The molecule has 3 N–H and O–H groups in total. The summed E-state index contributed by atoms with van der Waals surface area (Å²) < 4.78 is 13.5. The van der Waals surface area contributed by atoms with Crippen LogP contribution in [0.2, 0.25) is 0 Å². The maximum absolute atomic E-state index is 13.5. The zero-order valence-corrected chi connectivity index (χ0v) is 14.2. The maximum Gasteiger partial charge on any atom is 0.326 e. The van der Waals surface area contributed by atoms with Gasteiger partial charge in [-0.2, -0.15) is 0 Å². The Bertz CT molecular complexity index is 831. The molecule has 8 heteroatoms. The van der Waals surface area contributed by atoms with Crippen LogP contribution in [-0.2, 0) is 9.59 Å². The van der Waals surface area contributed by atoms with E-state index in [0.717, 1.165) is 4.90 Å². The van der Waals surface area contributed by atoms with E-state index in [-0.39, 0.29) is 24.7 Å². The van der Waals surface area contributed by atoms with Crippen LogP contribution < -0.4 is 5.32 Å². The number of amides is 2. The average Bonchev–Trinajstić information content (AvgIpc) is 2.94. The first-order valence-corrected chi connectivity index (χ1v) is 7.77. The highest BCUT2D eigenvalue weighted by Gasteiger charge is 2.27. The van der Waals surface area contributed by atoms with Crippen molar-refractivity contribution in [1.82, 2.24) is 15.2 Å². The molecule has 0 saturated heterocycles. The monoisotopic (exact) mass is 349 g/mol.